The van der Waals surface area contributed by atoms with E-state index in [1.165, 1.54) is 10.9 Å². The zero-order chi connectivity index (χ0) is 30.9. The Bertz CT molecular complexity index is 1930. The summed E-state index contributed by atoms with van der Waals surface area (Å²) in [6.45, 7) is 2.13. The monoisotopic (exact) mass is 655 g/mol. The average molecular weight is 656 g/mol. The van der Waals surface area contributed by atoms with Crippen LogP contribution >= 0.6 is 32.9 Å². The maximum Gasteiger partial charge on any atom is 0.305 e. The molecule has 230 valence electrons. The largest absolute Gasteiger partial charge is 0.493 e. The number of fused-ring (bicyclic) bond motifs is 6. The van der Waals surface area contributed by atoms with Gasteiger partial charge in [-0.25, -0.2) is 0 Å². The molecule has 45 heavy (non-hydrogen) atoms. The van der Waals surface area contributed by atoms with Gasteiger partial charge in [-0.15, -0.1) is 0 Å². The van der Waals surface area contributed by atoms with E-state index in [9.17, 15) is 9.59 Å². The molecule has 2 aliphatic rings. The van der Waals surface area contributed by atoms with Crippen LogP contribution in [-0.2, 0) is 22.5 Å². The zero-order valence-electron chi connectivity index (χ0n) is 24.9. The van der Waals surface area contributed by atoms with Crippen LogP contribution in [0.5, 0.6) is 5.75 Å². The summed E-state index contributed by atoms with van der Waals surface area (Å²) in [7, 11) is 5.35. The molecule has 1 amide bonds. The molecule has 0 fully saturated rings. The number of nitrogens with zero attached hydrogens (tertiary/aromatic N) is 3. The molecular formula is C35H33N3O4S3. The summed E-state index contributed by atoms with van der Waals surface area (Å²) in [5.41, 5.74) is 6.40. The number of hydrogen-bond donors (Lipinski definition) is 0. The number of esters is 1. The Hall–Kier alpha value is -3.99. The molecule has 7 rings (SSSR count). The van der Waals surface area contributed by atoms with Crippen molar-refractivity contribution in [3.8, 4) is 16.2 Å². The molecule has 0 spiro atoms. The summed E-state index contributed by atoms with van der Waals surface area (Å²) in [5.74, 6) is 0.660. The topological polar surface area (TPSA) is 64.0 Å². The Morgan fingerprint density at radius 3 is 2.60 bits per heavy atom. The first-order valence-corrected chi connectivity index (χ1v) is 17.8. The number of amides is 1. The summed E-state index contributed by atoms with van der Waals surface area (Å²) in [5, 5.41) is 1.22. The number of hydrogen-bond acceptors (Lipinski definition) is 8. The van der Waals surface area contributed by atoms with Crippen LogP contribution < -0.4 is 9.64 Å². The number of anilines is 1. The Morgan fingerprint density at radius 2 is 1.78 bits per heavy atom. The lowest BCUT2D eigenvalue weighted by Gasteiger charge is -2.46. The third kappa shape index (κ3) is 5.78. The summed E-state index contributed by atoms with van der Waals surface area (Å²) in [6.07, 6.45) is 2.20. The molecule has 1 atom stereocenters. The quantitative estimate of drug-likeness (QED) is 0.0656. The fraction of sp³-hybridized carbons (Fsp3) is 0.286. The molecule has 2 aliphatic heterocycles. The van der Waals surface area contributed by atoms with Crippen LogP contribution in [0.25, 0.3) is 21.3 Å². The van der Waals surface area contributed by atoms with Crippen LogP contribution in [0.2, 0.25) is 0 Å². The molecule has 0 saturated heterocycles. The predicted molar refractivity (Wildman–Crippen MR) is 183 cm³/mol. The highest BCUT2D eigenvalue weighted by Gasteiger charge is 2.42. The van der Waals surface area contributed by atoms with Crippen molar-refractivity contribution in [1.29, 1.82) is 0 Å². The molecule has 0 radical (unpaired) electrons. The first-order valence-electron chi connectivity index (χ1n) is 15.2. The van der Waals surface area contributed by atoms with E-state index < -0.39 is 0 Å². The molecule has 1 unspecified atom stereocenters. The molecule has 0 bridgehead atoms. The smallest absolute Gasteiger partial charge is 0.305 e. The van der Waals surface area contributed by atoms with Gasteiger partial charge in [0, 0.05) is 48.8 Å². The lowest BCUT2D eigenvalue weighted by atomic mass is 9.96. The van der Waals surface area contributed by atoms with Crippen LogP contribution in [0.4, 0.5) is 5.69 Å². The SMILES string of the molecule is CN1c2ccccc2C(=O)N2CCc3c(n(CCCC(=O)OCCCOc4ccc(-c5cc(=S)ss5)cc4)c4ccccc34)C21. The maximum atomic E-state index is 13.5. The minimum absolute atomic E-state index is 0.0749. The number of aromatic nitrogens is 1. The normalized spacial score (nSPS) is 15.5. The molecule has 10 heteroatoms. The molecule has 2 aromatic heterocycles. The van der Waals surface area contributed by atoms with Gasteiger partial charge in [0.15, 0.2) is 0 Å². The number of carbonyl (C=O) groups is 2. The Morgan fingerprint density at radius 1 is 0.978 bits per heavy atom. The van der Waals surface area contributed by atoms with E-state index in [1.807, 2.05) is 59.5 Å². The van der Waals surface area contributed by atoms with Gasteiger partial charge in [-0.3, -0.25) is 9.59 Å². The highest BCUT2D eigenvalue weighted by atomic mass is 32.9. The summed E-state index contributed by atoms with van der Waals surface area (Å²) < 4.78 is 14.6. The summed E-state index contributed by atoms with van der Waals surface area (Å²) in [4.78, 5) is 31.6. The van der Waals surface area contributed by atoms with Gasteiger partial charge in [-0.05, 0) is 72.5 Å². The minimum Gasteiger partial charge on any atom is -0.493 e. The van der Waals surface area contributed by atoms with Gasteiger partial charge < -0.3 is 23.8 Å². The van der Waals surface area contributed by atoms with E-state index in [1.54, 1.807) is 20.7 Å². The van der Waals surface area contributed by atoms with Crippen molar-refractivity contribution in [2.45, 2.75) is 38.4 Å². The number of benzene rings is 3. The lowest BCUT2D eigenvalue weighted by Crippen LogP contribution is -2.51. The van der Waals surface area contributed by atoms with Gasteiger partial charge >= 0.3 is 5.97 Å². The van der Waals surface area contributed by atoms with Gasteiger partial charge in [0.05, 0.1) is 30.2 Å². The molecule has 0 aliphatic carbocycles. The molecule has 3 aromatic carbocycles. The fourth-order valence-corrected chi connectivity index (χ4v) is 8.93. The number of para-hydroxylation sites is 2. The second-order valence-corrected chi connectivity index (χ2v) is 14.2. The van der Waals surface area contributed by atoms with Crippen molar-refractivity contribution in [2.75, 3.05) is 31.7 Å². The summed E-state index contributed by atoms with van der Waals surface area (Å²) >= 11 is 5.23. The van der Waals surface area contributed by atoms with E-state index in [2.05, 4.69) is 40.8 Å². The zero-order valence-corrected chi connectivity index (χ0v) is 27.4. The van der Waals surface area contributed by atoms with Gasteiger partial charge in [0.1, 0.15) is 15.7 Å². The van der Waals surface area contributed by atoms with Crippen LogP contribution in [0, 0.1) is 3.82 Å². The van der Waals surface area contributed by atoms with Crippen molar-refractivity contribution in [2.24, 2.45) is 0 Å². The second kappa shape index (κ2) is 12.8. The third-order valence-corrected chi connectivity index (χ3v) is 11.5. The Kier molecular flexibility index (Phi) is 8.44. The standard InChI is InChI=1S/C35H33N3O4S3/c1-36-28-10-4-3-9-27(28)35(40)38-19-17-26-25-8-2-5-11-29(25)37(33(26)34(36)38)18-6-12-31(39)42-21-7-20-41-24-15-13-23(14-16-24)30-22-32(43)45-44-30/h2-5,8-11,13-16,22,34H,6-7,12,17-21H2,1H3. The van der Waals surface area contributed by atoms with Crippen LogP contribution in [-0.4, -0.2) is 48.1 Å². The van der Waals surface area contributed by atoms with E-state index in [0.717, 1.165) is 48.9 Å². The highest BCUT2D eigenvalue weighted by molar-refractivity contribution is 7.80. The number of rotatable bonds is 10. The van der Waals surface area contributed by atoms with Gasteiger partial charge in [0.2, 0.25) is 0 Å². The lowest BCUT2D eigenvalue weighted by molar-refractivity contribution is -0.144. The number of carbonyl (C=O) groups excluding carboxylic acids is 2. The van der Waals surface area contributed by atoms with Crippen molar-refractivity contribution < 1.29 is 19.1 Å². The van der Waals surface area contributed by atoms with Gasteiger partial charge in [-0.1, -0.05) is 63.2 Å². The van der Waals surface area contributed by atoms with Crippen LogP contribution in [0.15, 0.2) is 78.9 Å². The van der Waals surface area contributed by atoms with Crippen LogP contribution in [0.3, 0.4) is 0 Å². The molecule has 0 saturated carbocycles. The van der Waals surface area contributed by atoms with Crippen molar-refractivity contribution in [3.05, 3.63) is 99.5 Å². The van der Waals surface area contributed by atoms with Crippen molar-refractivity contribution in [1.82, 2.24) is 9.47 Å². The number of aryl methyl sites for hydroxylation is 1. The molecular weight excluding hydrogens is 623 g/mol. The maximum absolute atomic E-state index is 13.5. The van der Waals surface area contributed by atoms with E-state index in [-0.39, 0.29) is 18.0 Å². The Labute approximate surface area is 274 Å². The van der Waals surface area contributed by atoms with E-state index in [4.69, 9.17) is 21.7 Å². The molecule has 5 aromatic rings. The first-order chi connectivity index (χ1) is 22.0. The van der Waals surface area contributed by atoms with E-state index in [0.29, 0.717) is 45.6 Å². The fourth-order valence-electron chi connectivity index (χ4n) is 6.53. The second-order valence-electron chi connectivity index (χ2n) is 11.3. The Balaban J connectivity index is 0.954. The molecule has 4 heterocycles. The molecule has 0 N–H and O–H groups in total. The van der Waals surface area contributed by atoms with Gasteiger partial charge in [-0.2, -0.15) is 0 Å². The van der Waals surface area contributed by atoms with Crippen LogP contribution in [0.1, 0.15) is 47.0 Å². The number of ether oxygens (including phenoxy) is 2. The van der Waals surface area contributed by atoms with E-state index >= 15 is 0 Å². The van der Waals surface area contributed by atoms with Gasteiger partial charge in [0.25, 0.3) is 5.91 Å². The third-order valence-electron chi connectivity index (χ3n) is 8.59. The summed E-state index contributed by atoms with van der Waals surface area (Å²) in [6, 6.07) is 26.3. The van der Waals surface area contributed by atoms with Crippen molar-refractivity contribution in [3.63, 3.8) is 0 Å². The first kappa shape index (κ1) is 29.7. The molecule has 7 nitrogen and oxygen atoms in total. The highest BCUT2D eigenvalue weighted by Crippen LogP contribution is 2.44. The van der Waals surface area contributed by atoms with Crippen molar-refractivity contribution >= 4 is 61.4 Å². The average Bonchev–Trinajstić information content (AvgIpc) is 3.64. The predicted octanol–water partition coefficient (Wildman–Crippen LogP) is 8.10. The minimum atomic E-state index is -0.205.